The summed E-state index contributed by atoms with van der Waals surface area (Å²) < 4.78 is 14.2. The molecule has 2 aliphatic heterocycles. The first-order chi connectivity index (χ1) is 14.3. The van der Waals surface area contributed by atoms with Crippen LogP contribution >= 0.6 is 0 Å². The highest BCUT2D eigenvalue weighted by atomic mass is 19.1. The van der Waals surface area contributed by atoms with E-state index in [1.807, 2.05) is 18.7 Å². The first-order valence-electron chi connectivity index (χ1n) is 10.9. The minimum atomic E-state index is -0.493. The van der Waals surface area contributed by atoms with Crippen LogP contribution in [0.5, 0.6) is 0 Å². The highest BCUT2D eigenvalue weighted by molar-refractivity contribution is 6.04. The van der Waals surface area contributed by atoms with Crippen LogP contribution in [0.2, 0.25) is 0 Å². The van der Waals surface area contributed by atoms with Gasteiger partial charge in [0.25, 0.3) is 5.91 Å². The average molecular weight is 413 g/mol. The van der Waals surface area contributed by atoms with Crippen LogP contribution in [0.4, 0.5) is 4.39 Å². The van der Waals surface area contributed by atoms with Crippen molar-refractivity contribution in [3.8, 4) is 0 Å². The van der Waals surface area contributed by atoms with Gasteiger partial charge in [0.1, 0.15) is 11.3 Å². The highest BCUT2D eigenvalue weighted by Crippen LogP contribution is 2.26. The SMILES string of the molecule is Cc1nc2cc(F)cc(C(=O)N3CCC(C(=O)N4CCC(C)CC4)CC3)c2nc1C. The zero-order valence-corrected chi connectivity index (χ0v) is 17.9. The first-order valence-corrected chi connectivity index (χ1v) is 10.9. The van der Waals surface area contributed by atoms with Gasteiger partial charge < -0.3 is 9.80 Å². The molecule has 2 fully saturated rings. The van der Waals surface area contributed by atoms with E-state index in [0.717, 1.165) is 37.3 Å². The summed E-state index contributed by atoms with van der Waals surface area (Å²) in [6.07, 6.45) is 3.42. The van der Waals surface area contributed by atoms with Gasteiger partial charge in [-0.15, -0.1) is 0 Å². The van der Waals surface area contributed by atoms with Crippen molar-refractivity contribution in [2.24, 2.45) is 11.8 Å². The minimum absolute atomic E-state index is 0.0311. The van der Waals surface area contributed by atoms with Gasteiger partial charge in [-0.25, -0.2) is 14.4 Å². The molecule has 0 N–H and O–H groups in total. The number of aryl methyl sites for hydroxylation is 2. The standard InChI is InChI=1S/C23H29FN4O2/c1-14-4-8-27(9-5-14)22(29)17-6-10-28(11-7-17)23(30)19-12-18(24)13-20-21(19)26-16(3)15(2)25-20/h12-14,17H,4-11H2,1-3H3. The predicted molar refractivity (Wildman–Crippen MR) is 113 cm³/mol. The zero-order chi connectivity index (χ0) is 21.4. The van der Waals surface area contributed by atoms with Crippen molar-refractivity contribution in [1.82, 2.24) is 19.8 Å². The lowest BCUT2D eigenvalue weighted by Crippen LogP contribution is -2.46. The maximum absolute atomic E-state index is 14.2. The molecule has 2 amide bonds. The molecule has 2 aliphatic rings. The van der Waals surface area contributed by atoms with Gasteiger partial charge in [0.2, 0.25) is 5.91 Å². The molecule has 0 spiro atoms. The number of likely N-dealkylation sites (tertiary alicyclic amines) is 2. The second-order valence-corrected chi connectivity index (χ2v) is 8.79. The molecule has 2 saturated heterocycles. The number of halogens is 1. The monoisotopic (exact) mass is 412 g/mol. The maximum Gasteiger partial charge on any atom is 0.256 e. The molecule has 7 heteroatoms. The van der Waals surface area contributed by atoms with Crippen LogP contribution < -0.4 is 0 Å². The molecule has 6 nitrogen and oxygen atoms in total. The van der Waals surface area contributed by atoms with E-state index in [-0.39, 0.29) is 23.3 Å². The van der Waals surface area contributed by atoms with E-state index in [2.05, 4.69) is 16.9 Å². The van der Waals surface area contributed by atoms with Crippen molar-refractivity contribution < 1.29 is 14.0 Å². The molecule has 3 heterocycles. The van der Waals surface area contributed by atoms with Gasteiger partial charge >= 0.3 is 0 Å². The molecular weight excluding hydrogens is 383 g/mol. The molecule has 0 aliphatic carbocycles. The fourth-order valence-corrected chi connectivity index (χ4v) is 4.45. The van der Waals surface area contributed by atoms with Crippen LogP contribution in [0.25, 0.3) is 11.0 Å². The van der Waals surface area contributed by atoms with Crippen LogP contribution in [-0.2, 0) is 4.79 Å². The Morgan fingerprint density at radius 2 is 1.53 bits per heavy atom. The molecule has 1 aromatic heterocycles. The Morgan fingerprint density at radius 1 is 0.933 bits per heavy atom. The van der Waals surface area contributed by atoms with Gasteiger partial charge in [0.15, 0.2) is 0 Å². The molecular formula is C23H29FN4O2. The second kappa shape index (κ2) is 8.28. The second-order valence-electron chi connectivity index (χ2n) is 8.79. The quantitative estimate of drug-likeness (QED) is 0.757. The summed E-state index contributed by atoms with van der Waals surface area (Å²) in [5.41, 5.74) is 2.52. The van der Waals surface area contributed by atoms with Gasteiger partial charge in [0, 0.05) is 38.2 Å². The molecule has 0 bridgehead atoms. The summed E-state index contributed by atoms with van der Waals surface area (Å²) in [6, 6.07) is 2.57. The Morgan fingerprint density at radius 3 is 2.20 bits per heavy atom. The number of carbonyl (C=O) groups is 2. The van der Waals surface area contributed by atoms with Crippen molar-refractivity contribution >= 4 is 22.8 Å². The van der Waals surface area contributed by atoms with Gasteiger partial charge in [-0.3, -0.25) is 9.59 Å². The fraction of sp³-hybridized carbons (Fsp3) is 0.565. The normalized spacial score (nSPS) is 18.8. The Labute approximate surface area is 176 Å². The Bertz CT molecular complexity index is 977. The van der Waals surface area contributed by atoms with Gasteiger partial charge in [-0.2, -0.15) is 0 Å². The Hall–Kier alpha value is -2.57. The average Bonchev–Trinajstić information content (AvgIpc) is 2.74. The summed E-state index contributed by atoms with van der Waals surface area (Å²) >= 11 is 0. The summed E-state index contributed by atoms with van der Waals surface area (Å²) in [5, 5.41) is 0. The summed E-state index contributed by atoms with van der Waals surface area (Å²) in [5.74, 6) is 0.145. The number of nitrogens with zero attached hydrogens (tertiary/aromatic N) is 4. The van der Waals surface area contributed by atoms with Crippen LogP contribution in [0.3, 0.4) is 0 Å². The molecule has 0 saturated carbocycles. The number of carbonyl (C=O) groups excluding carboxylic acids is 2. The van der Waals surface area contributed by atoms with Crippen molar-refractivity contribution in [1.29, 1.82) is 0 Å². The van der Waals surface area contributed by atoms with E-state index in [1.165, 1.54) is 12.1 Å². The third-order valence-electron chi connectivity index (χ3n) is 6.60. The third-order valence-corrected chi connectivity index (χ3v) is 6.60. The number of rotatable bonds is 2. The first kappa shape index (κ1) is 20.7. The lowest BCUT2D eigenvalue weighted by atomic mass is 9.92. The zero-order valence-electron chi connectivity index (χ0n) is 17.9. The van der Waals surface area contributed by atoms with Crippen molar-refractivity contribution in [2.45, 2.75) is 46.5 Å². The van der Waals surface area contributed by atoms with Crippen LogP contribution in [0.1, 0.15) is 54.4 Å². The van der Waals surface area contributed by atoms with Crippen molar-refractivity contribution in [3.63, 3.8) is 0 Å². The van der Waals surface area contributed by atoms with Crippen molar-refractivity contribution in [2.75, 3.05) is 26.2 Å². The van der Waals surface area contributed by atoms with Crippen LogP contribution in [0, 0.1) is 31.5 Å². The minimum Gasteiger partial charge on any atom is -0.342 e. The van der Waals surface area contributed by atoms with E-state index >= 15 is 0 Å². The number of benzene rings is 1. The maximum atomic E-state index is 14.2. The number of hydrogen-bond donors (Lipinski definition) is 0. The number of aromatic nitrogens is 2. The summed E-state index contributed by atoms with van der Waals surface area (Å²) in [7, 11) is 0. The van der Waals surface area contributed by atoms with E-state index in [4.69, 9.17) is 0 Å². The topological polar surface area (TPSA) is 66.4 Å². The molecule has 0 radical (unpaired) electrons. The Balaban J connectivity index is 1.47. The molecule has 2 aromatic rings. The lowest BCUT2D eigenvalue weighted by Gasteiger charge is -2.36. The molecule has 1 aromatic carbocycles. The van der Waals surface area contributed by atoms with Crippen molar-refractivity contribution in [3.05, 3.63) is 34.9 Å². The lowest BCUT2D eigenvalue weighted by molar-refractivity contribution is -0.138. The number of amides is 2. The smallest absolute Gasteiger partial charge is 0.256 e. The summed E-state index contributed by atoms with van der Waals surface area (Å²) in [6.45, 7) is 8.55. The van der Waals surface area contributed by atoms with E-state index in [9.17, 15) is 14.0 Å². The van der Waals surface area contributed by atoms with E-state index in [0.29, 0.717) is 42.9 Å². The third kappa shape index (κ3) is 4.02. The number of fused-ring (bicyclic) bond motifs is 1. The van der Waals surface area contributed by atoms with E-state index in [1.54, 1.807) is 4.90 Å². The predicted octanol–water partition coefficient (Wildman–Crippen LogP) is 3.50. The molecule has 4 rings (SSSR count). The largest absolute Gasteiger partial charge is 0.342 e. The fourth-order valence-electron chi connectivity index (χ4n) is 4.45. The molecule has 0 atom stereocenters. The van der Waals surface area contributed by atoms with Gasteiger partial charge in [0.05, 0.1) is 22.5 Å². The highest BCUT2D eigenvalue weighted by Gasteiger charge is 2.32. The number of piperidine rings is 2. The molecule has 0 unspecified atom stereocenters. The summed E-state index contributed by atoms with van der Waals surface area (Å²) in [4.78, 5) is 38.6. The molecule has 30 heavy (non-hydrogen) atoms. The van der Waals surface area contributed by atoms with Crippen LogP contribution in [0.15, 0.2) is 12.1 Å². The van der Waals surface area contributed by atoms with E-state index < -0.39 is 5.82 Å². The number of hydrogen-bond acceptors (Lipinski definition) is 4. The Kier molecular flexibility index (Phi) is 5.71. The molecule has 160 valence electrons. The van der Waals surface area contributed by atoms with Crippen LogP contribution in [-0.4, -0.2) is 57.8 Å². The van der Waals surface area contributed by atoms with Gasteiger partial charge in [-0.05, 0) is 51.5 Å². The van der Waals surface area contributed by atoms with Gasteiger partial charge in [-0.1, -0.05) is 6.92 Å².